The molecule has 9 heteroatoms. The second-order valence-electron chi connectivity index (χ2n) is 3.58. The Labute approximate surface area is 96.9 Å². The van der Waals surface area contributed by atoms with Crippen LogP contribution in [0.3, 0.4) is 0 Å². The largest absolute Gasteiger partial charge is 0.501 e. The smallest absolute Gasteiger partial charge is 0.396 e. The average Bonchev–Trinajstić information content (AvgIpc) is 2.45. The van der Waals surface area contributed by atoms with Gasteiger partial charge in [0, 0.05) is 6.92 Å². The number of nitrogen functional groups attached to an aromatic ring is 1. The van der Waals surface area contributed by atoms with Crippen LogP contribution in [0.15, 0.2) is 12.1 Å². The van der Waals surface area contributed by atoms with Gasteiger partial charge >= 0.3 is 10.4 Å². The zero-order chi connectivity index (χ0) is 12.8. The maximum absolute atomic E-state index is 11.1. The summed E-state index contributed by atoms with van der Waals surface area (Å²) in [6.07, 6.45) is 0. The molecule has 5 N–H and O–H groups in total. The summed E-state index contributed by atoms with van der Waals surface area (Å²) in [5, 5.41) is 20.6. The monoisotopic (exact) mass is 262 g/mol. The molecule has 94 valence electrons. The van der Waals surface area contributed by atoms with Gasteiger partial charge in [0.2, 0.25) is 17.4 Å². The number of nitrogens with one attached hydrogen (secondary N) is 1. The number of fused-ring (bicyclic) bond motifs is 1. The minimum atomic E-state index is -4.19. The quantitative estimate of drug-likeness (QED) is 0.408. The topological polar surface area (TPSA) is 131 Å². The average molecular weight is 262 g/mol. The molecule has 0 spiro atoms. The van der Waals surface area contributed by atoms with Gasteiger partial charge in [-0.15, -0.1) is 8.42 Å². The standard InChI is InChI=1S/C8H10N2O6S/c1-8(11,12)10-5-3-2-4(9)6-7(5)16-17(13,14)15-6/h2-3,10-12H,9H2,1H3. The molecule has 0 saturated heterocycles. The number of anilines is 2. The van der Waals surface area contributed by atoms with E-state index in [2.05, 4.69) is 13.7 Å². The molecule has 0 aliphatic carbocycles. The van der Waals surface area contributed by atoms with Gasteiger partial charge in [0.25, 0.3) is 0 Å². The molecule has 1 aliphatic heterocycles. The minimum Gasteiger partial charge on any atom is -0.396 e. The van der Waals surface area contributed by atoms with Crippen LogP contribution in [0, 0.1) is 0 Å². The Morgan fingerprint density at radius 2 is 1.88 bits per heavy atom. The third-order valence-corrected chi connectivity index (χ3v) is 2.63. The van der Waals surface area contributed by atoms with E-state index >= 15 is 0 Å². The van der Waals surface area contributed by atoms with Crippen molar-refractivity contribution >= 4 is 21.8 Å². The summed E-state index contributed by atoms with van der Waals surface area (Å²) in [7, 11) is -4.19. The van der Waals surface area contributed by atoms with Crippen molar-refractivity contribution in [2.24, 2.45) is 0 Å². The van der Waals surface area contributed by atoms with Crippen LogP contribution in [0.4, 0.5) is 11.4 Å². The zero-order valence-electron chi connectivity index (χ0n) is 8.67. The molecule has 0 unspecified atom stereocenters. The fourth-order valence-corrected chi connectivity index (χ4v) is 2.10. The number of benzene rings is 1. The lowest BCUT2D eigenvalue weighted by atomic mass is 10.2. The fourth-order valence-electron chi connectivity index (χ4n) is 1.32. The van der Waals surface area contributed by atoms with Gasteiger partial charge in [-0.25, -0.2) is 0 Å². The predicted molar refractivity (Wildman–Crippen MR) is 57.5 cm³/mol. The summed E-state index contributed by atoms with van der Waals surface area (Å²) >= 11 is 0. The highest BCUT2D eigenvalue weighted by atomic mass is 32.3. The zero-order valence-corrected chi connectivity index (χ0v) is 9.48. The van der Waals surface area contributed by atoms with Crippen LogP contribution in [-0.2, 0) is 10.4 Å². The molecule has 0 amide bonds. The van der Waals surface area contributed by atoms with E-state index in [4.69, 9.17) is 15.9 Å². The fraction of sp³-hybridized carbons (Fsp3) is 0.250. The number of rotatable bonds is 2. The lowest BCUT2D eigenvalue weighted by Crippen LogP contribution is -2.33. The van der Waals surface area contributed by atoms with E-state index in [9.17, 15) is 8.42 Å². The van der Waals surface area contributed by atoms with Crippen LogP contribution < -0.4 is 19.4 Å². The van der Waals surface area contributed by atoms with E-state index in [1.165, 1.54) is 12.1 Å². The highest BCUT2D eigenvalue weighted by Gasteiger charge is 2.34. The van der Waals surface area contributed by atoms with E-state index < -0.39 is 16.3 Å². The number of hydrogen-bond acceptors (Lipinski definition) is 8. The lowest BCUT2D eigenvalue weighted by molar-refractivity contribution is -0.118. The summed E-state index contributed by atoms with van der Waals surface area (Å²) < 4.78 is 31.2. The summed E-state index contributed by atoms with van der Waals surface area (Å²) in [6, 6.07) is 2.68. The Kier molecular flexibility index (Phi) is 2.35. The molecule has 2 rings (SSSR count). The molecule has 17 heavy (non-hydrogen) atoms. The third-order valence-electron chi connectivity index (χ3n) is 1.88. The summed E-state index contributed by atoms with van der Waals surface area (Å²) in [6.45, 7) is 1.06. The second kappa shape index (κ2) is 3.39. The lowest BCUT2D eigenvalue weighted by Gasteiger charge is -2.19. The Hall–Kier alpha value is -1.71. The Morgan fingerprint density at radius 3 is 2.47 bits per heavy atom. The Balaban J connectivity index is 2.49. The second-order valence-corrected chi connectivity index (χ2v) is 4.73. The van der Waals surface area contributed by atoms with Gasteiger partial charge < -0.3 is 29.6 Å². The number of hydrogen-bond donors (Lipinski definition) is 4. The van der Waals surface area contributed by atoms with Gasteiger partial charge in [-0.3, -0.25) is 0 Å². The van der Waals surface area contributed by atoms with Gasteiger partial charge in [0.15, 0.2) is 0 Å². The maximum atomic E-state index is 11.1. The molecular formula is C8H10N2O6S. The molecule has 0 saturated carbocycles. The highest BCUT2D eigenvalue weighted by molar-refractivity contribution is 7.82. The van der Waals surface area contributed by atoms with E-state index in [1.807, 2.05) is 0 Å². The molecule has 0 radical (unpaired) electrons. The molecule has 1 aromatic carbocycles. The number of aliphatic hydroxyl groups is 2. The van der Waals surface area contributed by atoms with Crippen molar-refractivity contribution in [3.8, 4) is 11.5 Å². The minimum absolute atomic E-state index is 0.0303. The SMILES string of the molecule is CC(O)(O)Nc1ccc(N)c2c1OS(=O)(=O)O2. The van der Waals surface area contributed by atoms with Crippen LogP contribution >= 0.6 is 0 Å². The molecule has 0 atom stereocenters. The van der Waals surface area contributed by atoms with Crippen LogP contribution in [-0.4, -0.2) is 24.5 Å². The molecule has 0 aromatic heterocycles. The first-order valence-corrected chi connectivity index (χ1v) is 5.80. The van der Waals surface area contributed by atoms with Crippen LogP contribution in [0.25, 0.3) is 0 Å². The van der Waals surface area contributed by atoms with Crippen molar-refractivity contribution < 1.29 is 27.0 Å². The Morgan fingerprint density at radius 1 is 1.29 bits per heavy atom. The molecular weight excluding hydrogens is 252 g/mol. The van der Waals surface area contributed by atoms with E-state index in [0.717, 1.165) is 6.92 Å². The molecule has 8 nitrogen and oxygen atoms in total. The van der Waals surface area contributed by atoms with Gasteiger partial charge in [0.05, 0.1) is 11.4 Å². The first-order chi connectivity index (χ1) is 7.68. The van der Waals surface area contributed by atoms with E-state index in [1.54, 1.807) is 0 Å². The Bertz CT molecular complexity index is 562. The molecule has 1 heterocycles. The van der Waals surface area contributed by atoms with Crippen molar-refractivity contribution in [2.75, 3.05) is 11.1 Å². The molecule has 1 aliphatic rings. The molecule has 1 aromatic rings. The first kappa shape index (κ1) is 11.8. The highest BCUT2D eigenvalue weighted by Crippen LogP contribution is 2.46. The van der Waals surface area contributed by atoms with Crippen LogP contribution in [0.1, 0.15) is 6.92 Å². The molecule has 0 fully saturated rings. The van der Waals surface area contributed by atoms with Crippen molar-refractivity contribution in [3.05, 3.63) is 12.1 Å². The van der Waals surface area contributed by atoms with Crippen molar-refractivity contribution in [3.63, 3.8) is 0 Å². The third kappa shape index (κ3) is 2.35. The van der Waals surface area contributed by atoms with Gasteiger partial charge in [-0.1, -0.05) is 0 Å². The predicted octanol–water partition coefficient (Wildman–Crippen LogP) is -0.645. The van der Waals surface area contributed by atoms with Crippen molar-refractivity contribution in [2.45, 2.75) is 12.8 Å². The van der Waals surface area contributed by atoms with Crippen LogP contribution in [0.2, 0.25) is 0 Å². The van der Waals surface area contributed by atoms with E-state index in [0.29, 0.717) is 0 Å². The van der Waals surface area contributed by atoms with Gasteiger partial charge in [-0.05, 0) is 12.1 Å². The normalized spacial score (nSPS) is 16.9. The summed E-state index contributed by atoms with van der Waals surface area (Å²) in [5.41, 5.74) is 5.59. The first-order valence-electron chi connectivity index (χ1n) is 4.47. The maximum Gasteiger partial charge on any atom is 0.501 e. The molecule has 0 bridgehead atoms. The number of nitrogens with two attached hydrogens (primary N) is 1. The van der Waals surface area contributed by atoms with Crippen molar-refractivity contribution in [1.82, 2.24) is 0 Å². The van der Waals surface area contributed by atoms with Crippen LogP contribution in [0.5, 0.6) is 11.5 Å². The van der Waals surface area contributed by atoms with Gasteiger partial charge in [-0.2, -0.15) is 0 Å². The van der Waals surface area contributed by atoms with E-state index in [-0.39, 0.29) is 22.9 Å². The summed E-state index contributed by atoms with van der Waals surface area (Å²) in [5.74, 6) is -2.63. The summed E-state index contributed by atoms with van der Waals surface area (Å²) in [4.78, 5) is 0. The van der Waals surface area contributed by atoms with Crippen molar-refractivity contribution in [1.29, 1.82) is 0 Å². The van der Waals surface area contributed by atoms with Gasteiger partial charge in [0.1, 0.15) is 0 Å².